The van der Waals surface area contributed by atoms with Gasteiger partial charge in [0.1, 0.15) is 28.6 Å². The number of hydrogen-bond acceptors (Lipinski definition) is 9. The summed E-state index contributed by atoms with van der Waals surface area (Å²) in [6.07, 6.45) is 0.478. The second kappa shape index (κ2) is 9.91. The summed E-state index contributed by atoms with van der Waals surface area (Å²) in [7, 11) is 1.77. The number of alkyl halides is 3. The van der Waals surface area contributed by atoms with Crippen LogP contribution in [0, 0.1) is 0 Å². The lowest BCUT2D eigenvalue weighted by molar-refractivity contribution is -0.141. The molecule has 2 amide bonds. The van der Waals surface area contributed by atoms with Crippen LogP contribution in [0.1, 0.15) is 31.5 Å². The van der Waals surface area contributed by atoms with Crippen molar-refractivity contribution in [2.75, 3.05) is 49.7 Å². The lowest BCUT2D eigenvalue weighted by Gasteiger charge is -2.47. The Morgan fingerprint density at radius 2 is 1.97 bits per heavy atom. The van der Waals surface area contributed by atoms with Crippen molar-refractivity contribution >= 4 is 35.0 Å². The quantitative estimate of drug-likeness (QED) is 0.424. The predicted molar refractivity (Wildman–Crippen MR) is 130 cm³/mol. The standard InChI is InChI=1S/C24H27F3N8O3/c1-3-32(2)23(22(37)34(15-36)16-4-7-28-19(10-16)24(25,26)27)5-8-33(9-6-23)20-12-29-18-11-30-35(21(18)31-20)17-13-38-14-17/h4,7,10-12,15,17H,3,5-6,8-9,13-14H2,1-2H3. The van der Waals surface area contributed by atoms with E-state index in [1.165, 1.54) is 6.07 Å². The molecule has 2 saturated heterocycles. The molecule has 11 nitrogen and oxygen atoms in total. The third-order valence-electron chi connectivity index (χ3n) is 7.41. The Morgan fingerprint density at radius 3 is 2.58 bits per heavy atom. The molecule has 5 heterocycles. The molecular weight excluding hydrogens is 505 g/mol. The normalized spacial score (nSPS) is 18.0. The number of piperidine rings is 1. The summed E-state index contributed by atoms with van der Waals surface area (Å²) in [6, 6.07) is 2.04. The van der Waals surface area contributed by atoms with Crippen molar-refractivity contribution in [2.24, 2.45) is 0 Å². The van der Waals surface area contributed by atoms with E-state index < -0.39 is 23.3 Å². The van der Waals surface area contributed by atoms with Crippen molar-refractivity contribution in [1.29, 1.82) is 0 Å². The SMILES string of the molecule is CCN(C)C1(C(=O)N(C=O)c2ccnc(C(F)(F)F)c2)CCN(c2cnc3cnn(C4COC4)c3n2)CC1. The topological polar surface area (TPSA) is 110 Å². The Balaban J connectivity index is 1.40. The average Bonchev–Trinajstić information content (AvgIpc) is 3.30. The van der Waals surface area contributed by atoms with Crippen LogP contribution in [0.4, 0.5) is 24.7 Å². The van der Waals surface area contributed by atoms with Gasteiger partial charge in [-0.2, -0.15) is 18.3 Å². The number of pyridine rings is 1. The van der Waals surface area contributed by atoms with Gasteiger partial charge in [0.05, 0.1) is 31.3 Å². The highest BCUT2D eigenvalue weighted by Crippen LogP contribution is 2.35. The summed E-state index contributed by atoms with van der Waals surface area (Å²) in [5.74, 6) is 0.0521. The van der Waals surface area contributed by atoms with E-state index in [2.05, 4.69) is 15.1 Å². The third kappa shape index (κ3) is 4.47. The number of anilines is 2. The molecule has 38 heavy (non-hydrogen) atoms. The Hall–Kier alpha value is -3.65. The predicted octanol–water partition coefficient (Wildman–Crippen LogP) is 2.29. The van der Waals surface area contributed by atoms with Crippen LogP contribution in [0.2, 0.25) is 0 Å². The Labute approximate surface area is 216 Å². The van der Waals surface area contributed by atoms with Crippen molar-refractivity contribution < 1.29 is 27.5 Å². The van der Waals surface area contributed by atoms with Crippen LogP contribution in [0.25, 0.3) is 11.2 Å². The van der Waals surface area contributed by atoms with E-state index >= 15 is 0 Å². The van der Waals surface area contributed by atoms with Gasteiger partial charge < -0.3 is 9.64 Å². The molecule has 0 bridgehead atoms. The zero-order chi connectivity index (χ0) is 27.1. The largest absolute Gasteiger partial charge is 0.433 e. The van der Waals surface area contributed by atoms with Gasteiger partial charge in [-0.1, -0.05) is 6.92 Å². The molecule has 3 aromatic rings. The highest BCUT2D eigenvalue weighted by Gasteiger charge is 2.47. The van der Waals surface area contributed by atoms with E-state index in [-0.39, 0.29) is 18.1 Å². The smallest absolute Gasteiger partial charge is 0.377 e. The molecule has 0 radical (unpaired) electrons. The maximum atomic E-state index is 13.8. The van der Waals surface area contributed by atoms with E-state index in [0.29, 0.717) is 68.7 Å². The number of aromatic nitrogens is 5. The van der Waals surface area contributed by atoms with Crippen LogP contribution < -0.4 is 9.80 Å². The molecule has 202 valence electrons. The minimum Gasteiger partial charge on any atom is -0.377 e. The van der Waals surface area contributed by atoms with Crippen molar-refractivity contribution in [3.8, 4) is 0 Å². The molecule has 0 unspecified atom stereocenters. The summed E-state index contributed by atoms with van der Waals surface area (Å²) in [5, 5.41) is 4.39. The van der Waals surface area contributed by atoms with Gasteiger partial charge in [-0.25, -0.2) is 14.6 Å². The number of fused-ring (bicyclic) bond motifs is 1. The molecule has 0 spiro atoms. The van der Waals surface area contributed by atoms with E-state index in [1.54, 1.807) is 19.4 Å². The van der Waals surface area contributed by atoms with Crippen LogP contribution in [-0.4, -0.2) is 87.4 Å². The van der Waals surface area contributed by atoms with Gasteiger partial charge in [-0.3, -0.25) is 24.4 Å². The first kappa shape index (κ1) is 26.0. The maximum absolute atomic E-state index is 13.8. The van der Waals surface area contributed by atoms with Crippen LogP contribution >= 0.6 is 0 Å². The number of nitrogens with zero attached hydrogens (tertiary/aromatic N) is 8. The van der Waals surface area contributed by atoms with Crippen LogP contribution in [0.5, 0.6) is 0 Å². The molecule has 2 aliphatic rings. The van der Waals surface area contributed by atoms with Gasteiger partial charge in [0, 0.05) is 19.3 Å². The fourth-order valence-electron chi connectivity index (χ4n) is 4.94. The van der Waals surface area contributed by atoms with E-state index in [4.69, 9.17) is 9.72 Å². The fraction of sp³-hybridized carbons (Fsp3) is 0.500. The number of rotatable bonds is 7. The number of halogens is 3. The lowest BCUT2D eigenvalue weighted by atomic mass is 9.84. The highest BCUT2D eigenvalue weighted by atomic mass is 19.4. The van der Waals surface area contributed by atoms with Crippen LogP contribution in [0.3, 0.4) is 0 Å². The molecule has 0 aliphatic carbocycles. The molecule has 14 heteroatoms. The minimum absolute atomic E-state index is 0.113. The Morgan fingerprint density at radius 1 is 1.24 bits per heavy atom. The first-order valence-corrected chi connectivity index (χ1v) is 12.2. The molecule has 2 fully saturated rings. The van der Waals surface area contributed by atoms with Gasteiger partial charge in [0.25, 0.3) is 5.91 Å². The van der Waals surface area contributed by atoms with Crippen LogP contribution in [0.15, 0.2) is 30.7 Å². The van der Waals surface area contributed by atoms with E-state index in [1.807, 2.05) is 21.4 Å². The lowest BCUT2D eigenvalue weighted by Crippen LogP contribution is -2.63. The van der Waals surface area contributed by atoms with Gasteiger partial charge in [0.15, 0.2) is 5.65 Å². The zero-order valence-electron chi connectivity index (χ0n) is 20.9. The summed E-state index contributed by atoms with van der Waals surface area (Å²) >= 11 is 0. The molecular formula is C24H27F3N8O3. The molecule has 3 aromatic heterocycles. The Bertz CT molecular complexity index is 1330. The van der Waals surface area contributed by atoms with Crippen molar-refractivity contribution in [3.63, 3.8) is 0 Å². The average molecular weight is 533 g/mol. The number of amides is 2. The second-order valence-corrected chi connectivity index (χ2v) is 9.43. The minimum atomic E-state index is -4.71. The van der Waals surface area contributed by atoms with E-state index in [9.17, 15) is 22.8 Å². The third-order valence-corrected chi connectivity index (χ3v) is 7.41. The van der Waals surface area contributed by atoms with Crippen LogP contribution in [-0.2, 0) is 20.5 Å². The van der Waals surface area contributed by atoms with Crippen molar-refractivity contribution in [1.82, 2.24) is 29.6 Å². The summed E-state index contributed by atoms with van der Waals surface area (Å²) in [4.78, 5) is 43.1. The highest BCUT2D eigenvalue weighted by molar-refractivity contribution is 6.11. The molecule has 2 aliphatic heterocycles. The van der Waals surface area contributed by atoms with Gasteiger partial charge >= 0.3 is 6.18 Å². The summed E-state index contributed by atoms with van der Waals surface area (Å²) < 4.78 is 46.8. The first-order valence-electron chi connectivity index (χ1n) is 12.2. The van der Waals surface area contributed by atoms with Gasteiger partial charge in [0.2, 0.25) is 6.41 Å². The molecule has 0 aromatic carbocycles. The monoisotopic (exact) mass is 532 g/mol. The number of carbonyl (C=O) groups is 2. The number of carbonyl (C=O) groups excluding carboxylic acids is 2. The second-order valence-electron chi connectivity index (χ2n) is 9.43. The molecule has 0 saturated carbocycles. The van der Waals surface area contributed by atoms with E-state index in [0.717, 1.165) is 11.1 Å². The maximum Gasteiger partial charge on any atom is 0.433 e. The molecule has 0 N–H and O–H groups in total. The first-order chi connectivity index (χ1) is 18.2. The summed E-state index contributed by atoms with van der Waals surface area (Å²) in [5.41, 5.74) is -1.13. The number of ether oxygens (including phenoxy) is 1. The van der Waals surface area contributed by atoms with Crippen molar-refractivity contribution in [2.45, 2.75) is 37.5 Å². The van der Waals surface area contributed by atoms with Crippen molar-refractivity contribution in [3.05, 3.63) is 36.4 Å². The van der Waals surface area contributed by atoms with Gasteiger partial charge in [-0.15, -0.1) is 0 Å². The molecule has 0 atom stereocenters. The van der Waals surface area contributed by atoms with Gasteiger partial charge in [-0.05, 0) is 38.6 Å². The number of likely N-dealkylation sites (N-methyl/N-ethyl adjacent to an activating group) is 1. The number of hydrogen-bond donors (Lipinski definition) is 0. The zero-order valence-corrected chi connectivity index (χ0v) is 20.9. The Kier molecular flexibility index (Phi) is 6.77. The summed E-state index contributed by atoms with van der Waals surface area (Å²) in [6.45, 7) is 4.36. The fourth-order valence-corrected chi connectivity index (χ4v) is 4.94. The molecule has 5 rings (SSSR count). The number of imide groups is 1.